The van der Waals surface area contributed by atoms with E-state index in [1.54, 1.807) is 0 Å². The predicted molar refractivity (Wildman–Crippen MR) is 93.3 cm³/mol. The molecule has 1 nitrogen and oxygen atoms in total. The van der Waals surface area contributed by atoms with Crippen molar-refractivity contribution in [1.82, 2.24) is 0 Å². The van der Waals surface area contributed by atoms with Crippen molar-refractivity contribution in [3.63, 3.8) is 0 Å². The van der Waals surface area contributed by atoms with Gasteiger partial charge in [0.2, 0.25) is 0 Å². The van der Waals surface area contributed by atoms with Crippen LogP contribution < -0.4 is 4.74 Å². The molecular weight excluding hydrogens is 280 g/mol. The van der Waals surface area contributed by atoms with Crippen LogP contribution in [0.3, 0.4) is 0 Å². The van der Waals surface area contributed by atoms with Crippen LogP contribution in [0.15, 0.2) is 24.3 Å². The first-order valence-corrected chi connectivity index (χ1v) is 8.73. The van der Waals surface area contributed by atoms with E-state index < -0.39 is 0 Å². The molecule has 1 unspecified atom stereocenters. The van der Waals surface area contributed by atoms with E-state index in [-0.39, 0.29) is 11.5 Å². The largest absolute Gasteiger partial charge is 0.490 e. The van der Waals surface area contributed by atoms with Crippen molar-refractivity contribution in [1.29, 1.82) is 0 Å². The van der Waals surface area contributed by atoms with Crippen LogP contribution >= 0.6 is 11.6 Å². The number of hydrogen-bond donors (Lipinski definition) is 0. The van der Waals surface area contributed by atoms with Gasteiger partial charge in [-0.1, -0.05) is 71.4 Å². The van der Waals surface area contributed by atoms with Crippen LogP contribution in [0.1, 0.15) is 72.6 Å². The van der Waals surface area contributed by atoms with Crippen LogP contribution in [0.2, 0.25) is 5.02 Å². The fourth-order valence-corrected chi connectivity index (χ4v) is 2.58. The van der Waals surface area contributed by atoms with Gasteiger partial charge < -0.3 is 4.74 Å². The Morgan fingerprint density at radius 1 is 0.952 bits per heavy atom. The summed E-state index contributed by atoms with van der Waals surface area (Å²) < 4.78 is 6.20. The van der Waals surface area contributed by atoms with Crippen molar-refractivity contribution in [2.75, 3.05) is 0 Å². The Balaban J connectivity index is 2.43. The Kier molecular flexibility index (Phi) is 8.18. The molecule has 0 aliphatic carbocycles. The summed E-state index contributed by atoms with van der Waals surface area (Å²) in [6, 6.07) is 7.70. The molecule has 21 heavy (non-hydrogen) atoms. The van der Waals surface area contributed by atoms with Gasteiger partial charge in [-0.05, 0) is 42.5 Å². The molecule has 0 radical (unpaired) electrons. The highest BCUT2D eigenvalue weighted by atomic mass is 35.5. The Morgan fingerprint density at radius 2 is 1.52 bits per heavy atom. The molecular formula is C19H31ClO. The maximum atomic E-state index is 6.20. The predicted octanol–water partition coefficient (Wildman–Crippen LogP) is 6.88. The number of ether oxygens (including phenoxy) is 1. The second-order valence-corrected chi connectivity index (χ2v) is 7.42. The Morgan fingerprint density at radius 3 is 2.10 bits per heavy atom. The van der Waals surface area contributed by atoms with E-state index in [4.69, 9.17) is 16.3 Å². The molecule has 0 aromatic heterocycles. The zero-order valence-electron chi connectivity index (χ0n) is 14.1. The molecule has 1 aromatic rings. The summed E-state index contributed by atoms with van der Waals surface area (Å²) in [6.07, 6.45) is 9.34. The van der Waals surface area contributed by atoms with Gasteiger partial charge in [-0.2, -0.15) is 0 Å². The van der Waals surface area contributed by atoms with Crippen LogP contribution in [0.25, 0.3) is 0 Å². The van der Waals surface area contributed by atoms with Gasteiger partial charge in [-0.3, -0.25) is 0 Å². The highest BCUT2D eigenvalue weighted by Gasteiger charge is 2.26. The van der Waals surface area contributed by atoms with Crippen molar-refractivity contribution in [3.05, 3.63) is 29.3 Å². The van der Waals surface area contributed by atoms with E-state index >= 15 is 0 Å². The fourth-order valence-electron chi connectivity index (χ4n) is 2.46. The lowest BCUT2D eigenvalue weighted by molar-refractivity contribution is 0.0763. The summed E-state index contributed by atoms with van der Waals surface area (Å²) in [4.78, 5) is 0. The van der Waals surface area contributed by atoms with Crippen LogP contribution in [0.5, 0.6) is 5.75 Å². The molecule has 0 fully saturated rings. The third kappa shape index (κ3) is 7.76. The number of halogens is 1. The van der Waals surface area contributed by atoms with Crippen molar-refractivity contribution >= 4 is 11.6 Å². The third-order valence-electron chi connectivity index (χ3n) is 3.88. The van der Waals surface area contributed by atoms with Crippen LogP contribution in [-0.4, -0.2) is 6.10 Å². The number of rotatable bonds is 9. The minimum Gasteiger partial charge on any atom is -0.490 e. The molecule has 1 atom stereocenters. The lowest BCUT2D eigenvalue weighted by Crippen LogP contribution is -2.32. The summed E-state index contributed by atoms with van der Waals surface area (Å²) in [5.74, 6) is 0.922. The van der Waals surface area contributed by atoms with Gasteiger partial charge in [0.15, 0.2) is 0 Å². The lowest BCUT2D eigenvalue weighted by atomic mass is 9.85. The summed E-state index contributed by atoms with van der Waals surface area (Å²) >= 11 is 5.93. The minimum absolute atomic E-state index is 0.156. The summed E-state index contributed by atoms with van der Waals surface area (Å²) in [5, 5.41) is 0.755. The molecule has 0 spiro atoms. The summed E-state index contributed by atoms with van der Waals surface area (Å²) in [5.41, 5.74) is 0.156. The van der Waals surface area contributed by atoms with Gasteiger partial charge in [-0.15, -0.1) is 0 Å². The van der Waals surface area contributed by atoms with Crippen molar-refractivity contribution in [3.8, 4) is 5.75 Å². The van der Waals surface area contributed by atoms with E-state index in [9.17, 15) is 0 Å². The molecule has 0 bridgehead atoms. The SMILES string of the molecule is CCCCCCCCC(Oc1ccc(Cl)cc1)C(C)(C)C. The highest BCUT2D eigenvalue weighted by Crippen LogP contribution is 2.29. The quantitative estimate of drug-likeness (QED) is 0.451. The average Bonchev–Trinajstić information content (AvgIpc) is 2.42. The zero-order chi connectivity index (χ0) is 15.7. The molecule has 0 saturated heterocycles. The van der Waals surface area contributed by atoms with E-state index in [1.807, 2.05) is 24.3 Å². The normalized spacial score (nSPS) is 13.2. The first-order valence-electron chi connectivity index (χ1n) is 8.35. The lowest BCUT2D eigenvalue weighted by Gasteiger charge is -2.31. The maximum absolute atomic E-state index is 6.20. The van der Waals surface area contributed by atoms with Crippen molar-refractivity contribution in [2.45, 2.75) is 78.7 Å². The van der Waals surface area contributed by atoms with Gasteiger partial charge in [-0.25, -0.2) is 0 Å². The molecule has 0 amide bonds. The summed E-state index contributed by atoms with van der Waals surface area (Å²) in [6.45, 7) is 9.02. The molecule has 0 saturated carbocycles. The second-order valence-electron chi connectivity index (χ2n) is 6.98. The smallest absolute Gasteiger partial charge is 0.119 e. The zero-order valence-corrected chi connectivity index (χ0v) is 14.9. The fraction of sp³-hybridized carbons (Fsp3) is 0.684. The maximum Gasteiger partial charge on any atom is 0.119 e. The van der Waals surface area contributed by atoms with Crippen molar-refractivity contribution < 1.29 is 4.74 Å². The monoisotopic (exact) mass is 310 g/mol. The van der Waals surface area contributed by atoms with Gasteiger partial charge >= 0.3 is 0 Å². The molecule has 0 aliphatic heterocycles. The van der Waals surface area contributed by atoms with Crippen LogP contribution in [0.4, 0.5) is 0 Å². The van der Waals surface area contributed by atoms with Gasteiger partial charge in [0, 0.05) is 5.02 Å². The molecule has 1 rings (SSSR count). The average molecular weight is 311 g/mol. The van der Waals surface area contributed by atoms with Gasteiger partial charge in [0.1, 0.15) is 11.9 Å². The van der Waals surface area contributed by atoms with E-state index in [1.165, 1.54) is 38.5 Å². The number of benzene rings is 1. The Hall–Kier alpha value is -0.690. The molecule has 0 N–H and O–H groups in total. The topological polar surface area (TPSA) is 9.23 Å². The van der Waals surface area contributed by atoms with E-state index in [0.717, 1.165) is 17.2 Å². The minimum atomic E-state index is 0.156. The van der Waals surface area contributed by atoms with Gasteiger partial charge in [0.25, 0.3) is 0 Å². The summed E-state index contributed by atoms with van der Waals surface area (Å²) in [7, 11) is 0. The first-order chi connectivity index (χ1) is 9.93. The first kappa shape index (κ1) is 18.4. The molecule has 0 aliphatic rings. The van der Waals surface area contributed by atoms with E-state index in [0.29, 0.717) is 0 Å². The standard InChI is InChI=1S/C19H31ClO/c1-5-6-7-8-9-10-11-18(19(2,3)4)21-17-14-12-16(20)13-15-17/h12-15,18H,5-11H2,1-4H3. The Labute approximate surface area is 136 Å². The number of hydrogen-bond acceptors (Lipinski definition) is 1. The number of unbranched alkanes of at least 4 members (excludes halogenated alkanes) is 5. The van der Waals surface area contributed by atoms with Crippen molar-refractivity contribution in [2.24, 2.45) is 5.41 Å². The second kappa shape index (κ2) is 9.35. The van der Waals surface area contributed by atoms with Crippen LogP contribution in [0, 0.1) is 5.41 Å². The molecule has 0 heterocycles. The van der Waals surface area contributed by atoms with Crippen LogP contribution in [-0.2, 0) is 0 Å². The molecule has 1 aromatic carbocycles. The van der Waals surface area contributed by atoms with E-state index in [2.05, 4.69) is 27.7 Å². The Bertz CT molecular complexity index is 378. The molecule has 2 heteroatoms. The third-order valence-corrected chi connectivity index (χ3v) is 4.13. The van der Waals surface area contributed by atoms with Gasteiger partial charge in [0.05, 0.1) is 0 Å². The highest BCUT2D eigenvalue weighted by molar-refractivity contribution is 6.30. The molecule has 120 valence electrons.